The molecule has 2 aromatic rings. The molecule has 0 aliphatic heterocycles. The maximum atomic E-state index is 11.7. The highest BCUT2D eigenvalue weighted by Gasteiger charge is 2.23. The van der Waals surface area contributed by atoms with Crippen LogP contribution in [-0.4, -0.2) is 49.2 Å². The smallest absolute Gasteiger partial charge is 0.326 e. The number of para-hydroxylation sites is 1. The third-order valence-corrected chi connectivity index (χ3v) is 4.64. The lowest BCUT2D eigenvalue weighted by atomic mass is 10.0. The summed E-state index contributed by atoms with van der Waals surface area (Å²) >= 11 is 0. The highest BCUT2D eigenvalue weighted by molar-refractivity contribution is 5.77. The summed E-state index contributed by atoms with van der Waals surface area (Å²) in [6, 6.07) is 5.75. The predicted molar refractivity (Wildman–Crippen MR) is 123 cm³/mol. The molecule has 0 amide bonds. The third-order valence-electron chi connectivity index (χ3n) is 4.64. The molecular formula is C22H32N6O4. The number of carboxylic acids is 2. The van der Waals surface area contributed by atoms with Crippen molar-refractivity contribution in [1.82, 2.24) is 15.0 Å². The summed E-state index contributed by atoms with van der Waals surface area (Å²) in [5.41, 5.74) is 1.73. The highest BCUT2D eigenvalue weighted by Crippen LogP contribution is 2.21. The van der Waals surface area contributed by atoms with Gasteiger partial charge in [-0.05, 0) is 43.2 Å². The van der Waals surface area contributed by atoms with Crippen molar-refractivity contribution in [3.63, 3.8) is 0 Å². The van der Waals surface area contributed by atoms with E-state index in [0.29, 0.717) is 12.8 Å². The van der Waals surface area contributed by atoms with E-state index in [1.54, 1.807) is 0 Å². The number of aryl methyl sites for hydroxylation is 1. The standard InChI is InChI=1S/C22H32N6O4/c1-12(2)10-16(18(29)30)24-21-26-20(23-15-9-7-6-8-14(15)5)27-22(28-21)25-17(19(31)32)11-13(3)4/h6-9,12-13,16-17H,10-11H2,1-5H3,(H,29,30)(H,31,32)(H3,23,24,25,26,27,28)/t16-,17-/m0/s1. The Morgan fingerprint density at radius 3 is 1.66 bits per heavy atom. The number of nitrogens with one attached hydrogen (secondary N) is 3. The summed E-state index contributed by atoms with van der Waals surface area (Å²) in [5, 5.41) is 27.9. The average Bonchev–Trinajstić information content (AvgIpc) is 2.68. The van der Waals surface area contributed by atoms with Gasteiger partial charge in [0.05, 0.1) is 0 Å². The minimum Gasteiger partial charge on any atom is -0.480 e. The molecule has 2 atom stereocenters. The van der Waals surface area contributed by atoms with E-state index >= 15 is 0 Å². The van der Waals surface area contributed by atoms with E-state index in [1.165, 1.54) is 0 Å². The van der Waals surface area contributed by atoms with Gasteiger partial charge in [0, 0.05) is 5.69 Å². The number of aliphatic carboxylic acids is 2. The fraction of sp³-hybridized carbons (Fsp3) is 0.500. The Labute approximate surface area is 187 Å². The summed E-state index contributed by atoms with van der Waals surface area (Å²) in [5.74, 6) is -1.53. The van der Waals surface area contributed by atoms with Crippen molar-refractivity contribution in [2.45, 2.75) is 59.5 Å². The molecule has 0 radical (unpaired) electrons. The molecule has 0 saturated carbocycles. The van der Waals surface area contributed by atoms with Gasteiger partial charge in [0.1, 0.15) is 12.1 Å². The summed E-state index contributed by atoms with van der Waals surface area (Å²) in [6.45, 7) is 9.62. The van der Waals surface area contributed by atoms with Gasteiger partial charge in [-0.25, -0.2) is 9.59 Å². The summed E-state index contributed by atoms with van der Waals surface area (Å²) in [4.78, 5) is 36.3. The number of hydrogen-bond donors (Lipinski definition) is 5. The molecule has 10 nitrogen and oxygen atoms in total. The van der Waals surface area contributed by atoms with Crippen LogP contribution in [0.4, 0.5) is 23.5 Å². The zero-order chi connectivity index (χ0) is 23.8. The van der Waals surface area contributed by atoms with Crippen LogP contribution >= 0.6 is 0 Å². The molecule has 5 N–H and O–H groups in total. The lowest BCUT2D eigenvalue weighted by Gasteiger charge is -2.19. The number of carbonyl (C=O) groups is 2. The zero-order valence-corrected chi connectivity index (χ0v) is 19.1. The maximum Gasteiger partial charge on any atom is 0.326 e. The highest BCUT2D eigenvalue weighted by atomic mass is 16.4. The molecule has 1 heterocycles. The number of carboxylic acid groups (broad SMARTS) is 2. The second-order valence-corrected chi connectivity index (χ2v) is 8.58. The first-order valence-corrected chi connectivity index (χ1v) is 10.6. The van der Waals surface area contributed by atoms with Gasteiger partial charge in [-0.3, -0.25) is 0 Å². The molecule has 0 saturated heterocycles. The molecular weight excluding hydrogens is 412 g/mol. The van der Waals surface area contributed by atoms with Crippen LogP contribution in [0.15, 0.2) is 24.3 Å². The number of nitrogens with zero attached hydrogens (tertiary/aromatic N) is 3. The quantitative estimate of drug-likeness (QED) is 0.327. The largest absolute Gasteiger partial charge is 0.480 e. The molecule has 1 aromatic heterocycles. The molecule has 174 valence electrons. The lowest BCUT2D eigenvalue weighted by molar-refractivity contribution is -0.139. The first kappa shape index (κ1) is 24.8. The minimum atomic E-state index is -1.02. The molecule has 10 heteroatoms. The van der Waals surface area contributed by atoms with Crippen molar-refractivity contribution in [2.75, 3.05) is 16.0 Å². The van der Waals surface area contributed by atoms with Crippen LogP contribution < -0.4 is 16.0 Å². The number of aromatic nitrogens is 3. The van der Waals surface area contributed by atoms with E-state index in [2.05, 4.69) is 30.9 Å². The normalized spacial score (nSPS) is 13.0. The number of rotatable bonds is 12. The van der Waals surface area contributed by atoms with Crippen LogP contribution in [-0.2, 0) is 9.59 Å². The molecule has 0 bridgehead atoms. The van der Waals surface area contributed by atoms with Crippen molar-refractivity contribution in [3.8, 4) is 0 Å². The lowest BCUT2D eigenvalue weighted by Crippen LogP contribution is -2.33. The zero-order valence-electron chi connectivity index (χ0n) is 19.1. The van der Waals surface area contributed by atoms with Gasteiger partial charge in [0.15, 0.2) is 0 Å². The van der Waals surface area contributed by atoms with Gasteiger partial charge in [0.25, 0.3) is 0 Å². The Hall–Kier alpha value is -3.43. The van der Waals surface area contributed by atoms with Gasteiger partial charge in [-0.2, -0.15) is 15.0 Å². The van der Waals surface area contributed by atoms with Crippen LogP contribution in [0.3, 0.4) is 0 Å². The van der Waals surface area contributed by atoms with Crippen LogP contribution in [0, 0.1) is 18.8 Å². The molecule has 32 heavy (non-hydrogen) atoms. The van der Waals surface area contributed by atoms with Crippen molar-refractivity contribution >= 4 is 35.5 Å². The molecule has 0 aliphatic carbocycles. The van der Waals surface area contributed by atoms with Gasteiger partial charge in [0.2, 0.25) is 17.8 Å². The van der Waals surface area contributed by atoms with Crippen LogP contribution in [0.5, 0.6) is 0 Å². The topological polar surface area (TPSA) is 149 Å². The Bertz CT molecular complexity index is 886. The molecule has 0 aliphatic rings. The first-order valence-electron chi connectivity index (χ1n) is 10.6. The van der Waals surface area contributed by atoms with Crippen LogP contribution in [0.1, 0.15) is 46.1 Å². The van der Waals surface area contributed by atoms with Crippen molar-refractivity contribution in [2.24, 2.45) is 11.8 Å². The predicted octanol–water partition coefficient (Wildman–Crippen LogP) is 3.75. The van der Waals surface area contributed by atoms with Gasteiger partial charge < -0.3 is 26.2 Å². The van der Waals surface area contributed by atoms with Gasteiger partial charge >= 0.3 is 11.9 Å². The maximum absolute atomic E-state index is 11.7. The molecule has 0 unspecified atom stereocenters. The molecule has 2 rings (SSSR count). The number of anilines is 4. The minimum absolute atomic E-state index is 0.0420. The van der Waals surface area contributed by atoms with Gasteiger partial charge in [-0.1, -0.05) is 45.9 Å². The Kier molecular flexibility index (Phi) is 8.74. The Morgan fingerprint density at radius 2 is 1.25 bits per heavy atom. The monoisotopic (exact) mass is 444 g/mol. The van der Waals surface area contributed by atoms with E-state index in [9.17, 15) is 19.8 Å². The van der Waals surface area contributed by atoms with Crippen LogP contribution in [0.2, 0.25) is 0 Å². The second-order valence-electron chi connectivity index (χ2n) is 8.58. The Balaban J connectivity index is 2.40. The van der Waals surface area contributed by atoms with Crippen LogP contribution in [0.25, 0.3) is 0 Å². The van der Waals surface area contributed by atoms with Crippen molar-refractivity contribution in [1.29, 1.82) is 0 Å². The third kappa shape index (κ3) is 7.68. The number of benzene rings is 1. The summed E-state index contributed by atoms with van der Waals surface area (Å²) in [7, 11) is 0. The fourth-order valence-corrected chi connectivity index (χ4v) is 3.09. The van der Waals surface area contributed by atoms with E-state index in [0.717, 1.165) is 11.3 Å². The number of hydrogen-bond acceptors (Lipinski definition) is 8. The first-order chi connectivity index (χ1) is 15.0. The summed E-state index contributed by atoms with van der Waals surface area (Å²) in [6.07, 6.45) is 0.741. The molecule has 1 aromatic carbocycles. The van der Waals surface area contributed by atoms with E-state index in [-0.39, 0.29) is 29.7 Å². The molecule has 0 spiro atoms. The Morgan fingerprint density at radius 1 is 0.812 bits per heavy atom. The second kappa shape index (κ2) is 11.3. The molecule has 0 fully saturated rings. The average molecular weight is 445 g/mol. The van der Waals surface area contributed by atoms with E-state index < -0.39 is 24.0 Å². The van der Waals surface area contributed by atoms with E-state index in [4.69, 9.17) is 0 Å². The summed E-state index contributed by atoms with van der Waals surface area (Å²) < 4.78 is 0. The van der Waals surface area contributed by atoms with Crippen molar-refractivity contribution in [3.05, 3.63) is 29.8 Å². The SMILES string of the molecule is Cc1ccccc1Nc1nc(N[C@@H](CC(C)C)C(=O)O)nc(N[C@@H](CC(C)C)C(=O)O)n1. The van der Waals surface area contributed by atoms with Gasteiger partial charge in [-0.15, -0.1) is 0 Å². The van der Waals surface area contributed by atoms with Crippen molar-refractivity contribution < 1.29 is 19.8 Å². The fourth-order valence-electron chi connectivity index (χ4n) is 3.09. The van der Waals surface area contributed by atoms with E-state index in [1.807, 2.05) is 58.9 Å².